The summed E-state index contributed by atoms with van der Waals surface area (Å²) in [5, 5.41) is 11.6. The number of aryl methyl sites for hydroxylation is 1. The Hall–Kier alpha value is -3.13. The Kier molecular flexibility index (Phi) is 4.27. The third kappa shape index (κ3) is 2.61. The van der Waals surface area contributed by atoms with Crippen molar-refractivity contribution in [2.45, 2.75) is 51.9 Å². The predicted octanol–water partition coefficient (Wildman–Crippen LogP) is 3.58. The fraction of sp³-hybridized carbons (Fsp3) is 0.348. The van der Waals surface area contributed by atoms with Crippen molar-refractivity contribution in [3.05, 3.63) is 62.4 Å². The molecule has 2 aromatic heterocycles. The Bertz CT molecular complexity index is 1330. The highest BCUT2D eigenvalue weighted by Crippen LogP contribution is 2.40. The van der Waals surface area contributed by atoms with Gasteiger partial charge in [0.15, 0.2) is 5.60 Å². The standard InChI is InChI=1S/C23H20F2N2O4/c1-3-12-13-7-11(20(24)25)5-6-17(13)26-19-14(12)9-27-18(19)8-16-15(21(27)28)10-31-22(29)23(16,30)4-2/h5-8,20,30H,3-4,9-10H2,1-2H3. The van der Waals surface area contributed by atoms with Crippen LogP contribution in [-0.4, -0.2) is 20.6 Å². The summed E-state index contributed by atoms with van der Waals surface area (Å²) in [5.74, 6) is -0.773. The fourth-order valence-corrected chi connectivity index (χ4v) is 4.72. The van der Waals surface area contributed by atoms with Crippen LogP contribution in [0.15, 0.2) is 29.1 Å². The number of fused-ring (bicyclic) bond motifs is 5. The maximum absolute atomic E-state index is 13.3. The number of rotatable bonds is 3. The number of carbonyl (C=O) groups excluding carboxylic acids is 1. The van der Waals surface area contributed by atoms with Gasteiger partial charge in [0.25, 0.3) is 12.0 Å². The SMILES string of the molecule is CCc1c2c(nc3ccc(C(F)F)cc13)-c1cc3c(c(=O)n1C2)COC(=O)C3(O)CC. The minimum Gasteiger partial charge on any atom is -0.458 e. The summed E-state index contributed by atoms with van der Waals surface area (Å²) in [6, 6.07) is 6.03. The van der Waals surface area contributed by atoms with Gasteiger partial charge in [-0.15, -0.1) is 0 Å². The summed E-state index contributed by atoms with van der Waals surface area (Å²) in [6.07, 6.45) is -1.94. The molecule has 0 amide bonds. The summed E-state index contributed by atoms with van der Waals surface area (Å²) in [6.45, 7) is 3.64. The molecule has 1 N–H and O–H groups in total. The van der Waals surface area contributed by atoms with E-state index < -0.39 is 18.0 Å². The molecule has 1 aromatic carbocycles. The topological polar surface area (TPSA) is 81.4 Å². The third-order valence-corrected chi connectivity index (χ3v) is 6.44. The zero-order valence-electron chi connectivity index (χ0n) is 17.0. The summed E-state index contributed by atoms with van der Waals surface area (Å²) in [4.78, 5) is 30.2. The molecule has 0 radical (unpaired) electrons. The summed E-state index contributed by atoms with van der Waals surface area (Å²) in [5.41, 5.74) is 1.51. The van der Waals surface area contributed by atoms with Crippen LogP contribution in [0.3, 0.4) is 0 Å². The molecule has 6 nitrogen and oxygen atoms in total. The molecule has 31 heavy (non-hydrogen) atoms. The molecule has 1 unspecified atom stereocenters. The second kappa shape index (κ2) is 6.68. The highest BCUT2D eigenvalue weighted by Gasteiger charge is 2.45. The number of aliphatic hydroxyl groups is 1. The largest absolute Gasteiger partial charge is 0.458 e. The number of hydrogen-bond donors (Lipinski definition) is 1. The lowest BCUT2D eigenvalue weighted by Gasteiger charge is -2.31. The van der Waals surface area contributed by atoms with E-state index in [4.69, 9.17) is 4.74 Å². The first kappa shape index (κ1) is 19.8. The molecular weight excluding hydrogens is 406 g/mol. The molecule has 5 rings (SSSR count). The first-order valence-electron chi connectivity index (χ1n) is 10.2. The zero-order valence-corrected chi connectivity index (χ0v) is 17.0. The van der Waals surface area contributed by atoms with Crippen LogP contribution in [0.1, 0.15) is 54.5 Å². The van der Waals surface area contributed by atoms with Gasteiger partial charge in [-0.25, -0.2) is 18.6 Å². The molecule has 0 bridgehead atoms. The quantitative estimate of drug-likeness (QED) is 0.507. The van der Waals surface area contributed by atoms with E-state index in [0.29, 0.717) is 28.7 Å². The number of aromatic nitrogens is 2. The number of pyridine rings is 2. The highest BCUT2D eigenvalue weighted by atomic mass is 19.3. The van der Waals surface area contributed by atoms with Crippen molar-refractivity contribution in [3.63, 3.8) is 0 Å². The average Bonchev–Trinajstić information content (AvgIpc) is 3.13. The van der Waals surface area contributed by atoms with Crippen molar-refractivity contribution in [2.24, 2.45) is 0 Å². The molecule has 160 valence electrons. The lowest BCUT2D eigenvalue weighted by atomic mass is 9.86. The molecule has 3 aromatic rings. The van der Waals surface area contributed by atoms with Crippen LogP contribution in [0.5, 0.6) is 0 Å². The molecule has 0 saturated carbocycles. The monoisotopic (exact) mass is 426 g/mol. The van der Waals surface area contributed by atoms with Crippen LogP contribution in [0.25, 0.3) is 22.3 Å². The Morgan fingerprint density at radius 3 is 2.68 bits per heavy atom. The molecule has 0 saturated heterocycles. The number of cyclic esters (lactones) is 1. The Morgan fingerprint density at radius 1 is 1.23 bits per heavy atom. The van der Waals surface area contributed by atoms with E-state index in [1.807, 2.05) is 6.92 Å². The Labute approximate surface area is 176 Å². The van der Waals surface area contributed by atoms with Crippen molar-refractivity contribution in [2.75, 3.05) is 0 Å². The minimum atomic E-state index is -2.59. The molecule has 0 aliphatic carbocycles. The Balaban J connectivity index is 1.80. The van der Waals surface area contributed by atoms with Crippen LogP contribution in [0.2, 0.25) is 0 Å². The maximum atomic E-state index is 13.3. The normalized spacial score (nSPS) is 19.4. The van der Waals surface area contributed by atoms with Gasteiger partial charge in [-0.05, 0) is 36.6 Å². The number of halogens is 2. The number of hydrogen-bond acceptors (Lipinski definition) is 5. The molecule has 2 aliphatic rings. The summed E-state index contributed by atoms with van der Waals surface area (Å²) in [7, 11) is 0. The van der Waals surface area contributed by atoms with Gasteiger partial charge in [-0.2, -0.15) is 0 Å². The summed E-state index contributed by atoms with van der Waals surface area (Å²) < 4.78 is 33.1. The first-order valence-corrected chi connectivity index (χ1v) is 10.2. The van der Waals surface area contributed by atoms with E-state index in [1.54, 1.807) is 23.6 Å². The van der Waals surface area contributed by atoms with E-state index in [0.717, 1.165) is 11.1 Å². The lowest BCUT2D eigenvalue weighted by molar-refractivity contribution is -0.172. The smallest absolute Gasteiger partial charge is 0.343 e. The summed E-state index contributed by atoms with van der Waals surface area (Å²) >= 11 is 0. The van der Waals surface area contributed by atoms with Crippen LogP contribution in [0.4, 0.5) is 8.78 Å². The van der Waals surface area contributed by atoms with E-state index in [9.17, 15) is 23.5 Å². The number of carbonyl (C=O) groups is 1. The van der Waals surface area contributed by atoms with E-state index in [1.165, 1.54) is 12.1 Å². The molecular formula is C23H20F2N2O4. The molecule has 0 spiro atoms. The number of benzene rings is 1. The van der Waals surface area contributed by atoms with Crippen molar-refractivity contribution in [3.8, 4) is 11.4 Å². The van der Waals surface area contributed by atoms with E-state index in [2.05, 4.69) is 4.98 Å². The number of alkyl halides is 2. The van der Waals surface area contributed by atoms with Crippen molar-refractivity contribution < 1.29 is 23.4 Å². The van der Waals surface area contributed by atoms with Crippen LogP contribution in [0, 0.1) is 0 Å². The lowest BCUT2D eigenvalue weighted by Crippen LogP contribution is -2.44. The number of ether oxygens (including phenoxy) is 1. The van der Waals surface area contributed by atoms with Crippen molar-refractivity contribution in [1.29, 1.82) is 0 Å². The van der Waals surface area contributed by atoms with Crippen LogP contribution >= 0.6 is 0 Å². The van der Waals surface area contributed by atoms with Gasteiger partial charge < -0.3 is 14.4 Å². The van der Waals surface area contributed by atoms with Gasteiger partial charge in [-0.3, -0.25) is 4.79 Å². The third-order valence-electron chi connectivity index (χ3n) is 6.44. The van der Waals surface area contributed by atoms with Crippen molar-refractivity contribution in [1.82, 2.24) is 9.55 Å². The molecule has 0 fully saturated rings. The number of nitrogens with zero attached hydrogens (tertiary/aromatic N) is 2. The van der Waals surface area contributed by atoms with Gasteiger partial charge in [0, 0.05) is 22.1 Å². The number of esters is 1. The van der Waals surface area contributed by atoms with Gasteiger partial charge in [0.2, 0.25) is 0 Å². The van der Waals surface area contributed by atoms with Gasteiger partial charge in [0.1, 0.15) is 6.61 Å². The first-order chi connectivity index (χ1) is 14.8. The molecule has 4 heterocycles. The highest BCUT2D eigenvalue weighted by molar-refractivity contribution is 5.89. The Morgan fingerprint density at radius 2 is 2.00 bits per heavy atom. The van der Waals surface area contributed by atoms with Crippen LogP contribution in [-0.2, 0) is 34.7 Å². The van der Waals surface area contributed by atoms with Gasteiger partial charge in [0.05, 0.1) is 29.0 Å². The second-order valence-electron chi connectivity index (χ2n) is 7.95. The molecule has 1 atom stereocenters. The maximum Gasteiger partial charge on any atom is 0.343 e. The fourth-order valence-electron chi connectivity index (χ4n) is 4.72. The van der Waals surface area contributed by atoms with E-state index in [-0.39, 0.29) is 41.8 Å². The van der Waals surface area contributed by atoms with Crippen LogP contribution < -0.4 is 5.56 Å². The average molecular weight is 426 g/mol. The molecule has 8 heteroatoms. The van der Waals surface area contributed by atoms with Gasteiger partial charge in [-0.1, -0.05) is 19.9 Å². The van der Waals surface area contributed by atoms with Crippen molar-refractivity contribution >= 4 is 16.9 Å². The van der Waals surface area contributed by atoms with E-state index >= 15 is 0 Å². The van der Waals surface area contributed by atoms with Gasteiger partial charge >= 0.3 is 5.97 Å². The minimum absolute atomic E-state index is 0.0658. The zero-order chi connectivity index (χ0) is 22.1. The molecule has 2 aliphatic heterocycles. The second-order valence-corrected chi connectivity index (χ2v) is 7.95. The predicted molar refractivity (Wildman–Crippen MR) is 109 cm³/mol.